The van der Waals surface area contributed by atoms with Gasteiger partial charge in [-0.3, -0.25) is 4.79 Å². The van der Waals surface area contributed by atoms with Crippen molar-refractivity contribution in [2.24, 2.45) is 5.73 Å². The molecule has 0 spiro atoms. The van der Waals surface area contributed by atoms with Gasteiger partial charge in [-0.05, 0) is 28.1 Å². The number of aromatic hydroxyl groups is 1. The maximum Gasteiger partial charge on any atom is 0.248 e. The molecule has 0 fully saturated rings. The Hall–Kier alpha value is -1.23. The normalized spacial score (nSPS) is 9.69. The Morgan fingerprint density at radius 3 is 2.62 bits per heavy atom. The van der Waals surface area contributed by atoms with Crippen molar-refractivity contribution in [1.82, 2.24) is 0 Å². The summed E-state index contributed by atoms with van der Waals surface area (Å²) >= 11 is 3.13. The van der Waals surface area contributed by atoms with E-state index in [1.54, 1.807) is 0 Å². The van der Waals surface area contributed by atoms with Crippen LogP contribution >= 0.6 is 15.9 Å². The highest BCUT2D eigenvalue weighted by Crippen LogP contribution is 2.35. The van der Waals surface area contributed by atoms with Gasteiger partial charge in [-0.15, -0.1) is 0 Å². The number of hydrogen-bond acceptors (Lipinski definition) is 3. The largest absolute Gasteiger partial charge is 0.504 e. The van der Waals surface area contributed by atoms with Crippen LogP contribution in [0.2, 0.25) is 0 Å². The predicted octanol–water partition coefficient (Wildman–Crippen LogP) is 1.26. The molecule has 1 rings (SSSR count). The lowest BCUT2D eigenvalue weighted by molar-refractivity contribution is 0.1000. The minimum Gasteiger partial charge on any atom is -0.504 e. The maximum absolute atomic E-state index is 10.8. The first-order valence-corrected chi connectivity index (χ1v) is 4.22. The van der Waals surface area contributed by atoms with E-state index in [1.165, 1.54) is 19.2 Å². The van der Waals surface area contributed by atoms with Crippen LogP contribution in [0.5, 0.6) is 11.5 Å². The number of primary amides is 1. The summed E-state index contributed by atoms with van der Waals surface area (Å²) in [6, 6.07) is 2.74. The zero-order valence-corrected chi connectivity index (χ0v) is 8.46. The van der Waals surface area contributed by atoms with Gasteiger partial charge >= 0.3 is 0 Å². The van der Waals surface area contributed by atoms with E-state index in [9.17, 15) is 9.90 Å². The van der Waals surface area contributed by atoms with Gasteiger partial charge in [-0.2, -0.15) is 0 Å². The number of hydrogen-bond donors (Lipinski definition) is 2. The van der Waals surface area contributed by atoms with Gasteiger partial charge in [0.15, 0.2) is 11.5 Å². The number of benzene rings is 1. The quantitative estimate of drug-likeness (QED) is 0.825. The molecule has 1 aromatic carbocycles. The van der Waals surface area contributed by atoms with Crippen molar-refractivity contribution in [1.29, 1.82) is 0 Å². The lowest BCUT2D eigenvalue weighted by Gasteiger charge is -2.06. The molecule has 0 aliphatic rings. The van der Waals surface area contributed by atoms with Crippen LogP contribution in [0.3, 0.4) is 0 Å². The number of methoxy groups -OCH3 is 1. The van der Waals surface area contributed by atoms with E-state index >= 15 is 0 Å². The summed E-state index contributed by atoms with van der Waals surface area (Å²) < 4.78 is 5.35. The number of carbonyl (C=O) groups excluding carboxylic acids is 1. The van der Waals surface area contributed by atoms with Crippen LogP contribution in [0.25, 0.3) is 0 Å². The third-order valence-corrected chi connectivity index (χ3v) is 2.10. The van der Waals surface area contributed by atoms with Gasteiger partial charge in [0.1, 0.15) is 0 Å². The second-order valence-electron chi connectivity index (χ2n) is 2.37. The molecule has 1 aromatic rings. The number of carbonyl (C=O) groups is 1. The molecule has 0 saturated heterocycles. The highest BCUT2D eigenvalue weighted by molar-refractivity contribution is 9.10. The number of amides is 1. The Balaban J connectivity index is 3.28. The molecule has 70 valence electrons. The highest BCUT2D eigenvalue weighted by atomic mass is 79.9. The number of ether oxygens (including phenoxy) is 1. The summed E-state index contributed by atoms with van der Waals surface area (Å²) in [5.74, 6) is -0.436. The van der Waals surface area contributed by atoms with E-state index in [1.807, 2.05) is 0 Å². The predicted molar refractivity (Wildman–Crippen MR) is 50.9 cm³/mol. The molecule has 3 N–H and O–H groups in total. The first-order valence-electron chi connectivity index (χ1n) is 3.42. The molecular formula is C8H8BrNO3. The van der Waals surface area contributed by atoms with Gasteiger partial charge in [-0.25, -0.2) is 0 Å². The van der Waals surface area contributed by atoms with E-state index in [2.05, 4.69) is 15.9 Å². The summed E-state index contributed by atoms with van der Waals surface area (Å²) in [5.41, 5.74) is 5.26. The molecule has 1 amide bonds. The molecule has 0 radical (unpaired) electrons. The van der Waals surface area contributed by atoms with Gasteiger partial charge in [0.05, 0.1) is 11.6 Å². The molecule has 5 heteroatoms. The number of phenolic OH excluding ortho intramolecular Hbond substituents is 1. The molecule has 4 nitrogen and oxygen atoms in total. The Morgan fingerprint density at radius 2 is 2.23 bits per heavy atom. The third kappa shape index (κ3) is 1.92. The summed E-state index contributed by atoms with van der Waals surface area (Å²) in [5, 5.41) is 9.36. The zero-order chi connectivity index (χ0) is 10.0. The molecule has 0 aliphatic carbocycles. The number of rotatable bonds is 2. The topological polar surface area (TPSA) is 72.6 Å². The Morgan fingerprint density at radius 1 is 1.62 bits per heavy atom. The van der Waals surface area contributed by atoms with Gasteiger partial charge in [0, 0.05) is 5.56 Å². The van der Waals surface area contributed by atoms with E-state index in [4.69, 9.17) is 10.5 Å². The SMILES string of the molecule is COc1c(O)cc(C(N)=O)cc1Br. The molecule has 0 saturated carbocycles. The Labute approximate surface area is 83.4 Å². The van der Waals surface area contributed by atoms with Crippen LogP contribution in [0.4, 0.5) is 0 Å². The second kappa shape index (κ2) is 3.66. The van der Waals surface area contributed by atoms with Crippen LogP contribution in [0.15, 0.2) is 16.6 Å². The van der Waals surface area contributed by atoms with Crippen molar-refractivity contribution < 1.29 is 14.6 Å². The minimum atomic E-state index is -0.598. The standard InChI is InChI=1S/C8H8BrNO3/c1-13-7-5(9)2-4(8(10)12)3-6(7)11/h2-3,11H,1H3,(H2,10,12). The minimum absolute atomic E-state index is 0.120. The first kappa shape index (κ1) is 9.85. The van der Waals surface area contributed by atoms with Crippen LogP contribution in [-0.2, 0) is 0 Å². The van der Waals surface area contributed by atoms with Crippen molar-refractivity contribution in [3.8, 4) is 11.5 Å². The van der Waals surface area contributed by atoms with E-state index in [0.29, 0.717) is 4.47 Å². The van der Waals surface area contributed by atoms with E-state index in [-0.39, 0.29) is 17.1 Å². The molecule has 13 heavy (non-hydrogen) atoms. The Bertz CT molecular complexity index is 328. The number of nitrogens with two attached hydrogens (primary N) is 1. The fraction of sp³-hybridized carbons (Fsp3) is 0.125. The van der Waals surface area contributed by atoms with Crippen LogP contribution in [0, 0.1) is 0 Å². The molecule has 0 atom stereocenters. The maximum atomic E-state index is 10.8. The molecule has 0 unspecified atom stereocenters. The first-order chi connectivity index (χ1) is 6.06. The van der Waals surface area contributed by atoms with Crippen LogP contribution < -0.4 is 10.5 Å². The highest BCUT2D eigenvalue weighted by Gasteiger charge is 2.11. The van der Waals surface area contributed by atoms with Crippen LogP contribution in [-0.4, -0.2) is 18.1 Å². The monoisotopic (exact) mass is 245 g/mol. The van der Waals surface area contributed by atoms with Gasteiger partial charge < -0.3 is 15.6 Å². The molecule has 0 aliphatic heterocycles. The van der Waals surface area contributed by atoms with Crippen molar-refractivity contribution in [2.75, 3.05) is 7.11 Å². The second-order valence-corrected chi connectivity index (χ2v) is 3.23. The average molecular weight is 246 g/mol. The van der Waals surface area contributed by atoms with Gasteiger partial charge in [0.25, 0.3) is 0 Å². The smallest absolute Gasteiger partial charge is 0.248 e. The molecular weight excluding hydrogens is 238 g/mol. The van der Waals surface area contributed by atoms with Crippen molar-refractivity contribution in [3.63, 3.8) is 0 Å². The lowest BCUT2D eigenvalue weighted by Crippen LogP contribution is -2.10. The zero-order valence-electron chi connectivity index (χ0n) is 6.87. The van der Waals surface area contributed by atoms with Gasteiger partial charge in [-0.1, -0.05) is 0 Å². The van der Waals surface area contributed by atoms with Crippen molar-refractivity contribution in [2.45, 2.75) is 0 Å². The molecule has 0 bridgehead atoms. The number of phenols is 1. The fourth-order valence-corrected chi connectivity index (χ4v) is 1.53. The van der Waals surface area contributed by atoms with Gasteiger partial charge in [0.2, 0.25) is 5.91 Å². The van der Waals surface area contributed by atoms with Crippen molar-refractivity contribution in [3.05, 3.63) is 22.2 Å². The molecule has 0 aromatic heterocycles. The fourth-order valence-electron chi connectivity index (χ4n) is 0.923. The number of halogens is 1. The lowest BCUT2D eigenvalue weighted by atomic mass is 10.2. The van der Waals surface area contributed by atoms with E-state index < -0.39 is 5.91 Å². The average Bonchev–Trinajstić information content (AvgIpc) is 2.03. The third-order valence-electron chi connectivity index (χ3n) is 1.51. The summed E-state index contributed by atoms with van der Waals surface area (Å²) in [4.78, 5) is 10.8. The van der Waals surface area contributed by atoms with Crippen LogP contribution in [0.1, 0.15) is 10.4 Å². The Kier molecular flexibility index (Phi) is 2.77. The summed E-state index contributed by atoms with van der Waals surface area (Å²) in [6.07, 6.45) is 0. The van der Waals surface area contributed by atoms with E-state index in [0.717, 1.165) is 0 Å². The van der Waals surface area contributed by atoms with Crippen molar-refractivity contribution >= 4 is 21.8 Å². The summed E-state index contributed by atoms with van der Waals surface area (Å²) in [6.45, 7) is 0. The molecule has 0 heterocycles. The summed E-state index contributed by atoms with van der Waals surface area (Å²) in [7, 11) is 1.42.